The highest BCUT2D eigenvalue weighted by Gasteiger charge is 2.48. The van der Waals surface area contributed by atoms with E-state index in [0.717, 1.165) is 11.3 Å². The van der Waals surface area contributed by atoms with Gasteiger partial charge < -0.3 is 9.64 Å². The van der Waals surface area contributed by atoms with Gasteiger partial charge in [-0.1, -0.05) is 18.2 Å². The standard InChI is InChI=1S/C14H17NO3/c1-4-18-13(17)14(2)9-10-7-5-6-8-11(10)15(3)12(14)16/h5-8H,4,9H2,1-3H3/t14-/m0/s1. The van der Waals surface area contributed by atoms with E-state index in [1.165, 1.54) is 4.90 Å². The van der Waals surface area contributed by atoms with Crippen molar-refractivity contribution in [3.8, 4) is 0 Å². The second-order valence-corrected chi connectivity index (χ2v) is 4.72. The van der Waals surface area contributed by atoms with Gasteiger partial charge >= 0.3 is 5.97 Å². The Balaban J connectivity index is 2.43. The van der Waals surface area contributed by atoms with Crippen LogP contribution >= 0.6 is 0 Å². The summed E-state index contributed by atoms with van der Waals surface area (Å²) in [5.41, 5.74) is 0.749. The summed E-state index contributed by atoms with van der Waals surface area (Å²) < 4.78 is 5.03. The minimum atomic E-state index is -1.11. The van der Waals surface area contributed by atoms with Crippen molar-refractivity contribution in [2.45, 2.75) is 20.3 Å². The average Bonchev–Trinajstić information content (AvgIpc) is 2.36. The smallest absolute Gasteiger partial charge is 0.321 e. The summed E-state index contributed by atoms with van der Waals surface area (Å²) >= 11 is 0. The van der Waals surface area contributed by atoms with Gasteiger partial charge in [0.2, 0.25) is 5.91 Å². The van der Waals surface area contributed by atoms with Gasteiger partial charge in [-0.15, -0.1) is 0 Å². The van der Waals surface area contributed by atoms with Crippen LogP contribution in [-0.4, -0.2) is 25.5 Å². The molecule has 4 nitrogen and oxygen atoms in total. The minimum Gasteiger partial charge on any atom is -0.465 e. The summed E-state index contributed by atoms with van der Waals surface area (Å²) in [5, 5.41) is 0. The number of hydrogen-bond acceptors (Lipinski definition) is 3. The van der Waals surface area contributed by atoms with Crippen molar-refractivity contribution < 1.29 is 14.3 Å². The van der Waals surface area contributed by atoms with E-state index in [1.54, 1.807) is 20.9 Å². The molecule has 1 aliphatic rings. The summed E-state index contributed by atoms with van der Waals surface area (Å²) in [6.45, 7) is 3.68. The highest BCUT2D eigenvalue weighted by molar-refractivity contribution is 6.11. The monoisotopic (exact) mass is 247 g/mol. The molecule has 1 atom stereocenters. The number of carbonyl (C=O) groups excluding carboxylic acids is 2. The van der Waals surface area contributed by atoms with Gasteiger partial charge in [0.05, 0.1) is 6.61 Å². The van der Waals surface area contributed by atoms with Crippen LogP contribution in [0.15, 0.2) is 24.3 Å². The normalized spacial score (nSPS) is 22.6. The zero-order chi connectivity index (χ0) is 13.3. The van der Waals surface area contributed by atoms with Crippen molar-refractivity contribution in [3.05, 3.63) is 29.8 Å². The van der Waals surface area contributed by atoms with Crippen molar-refractivity contribution in [2.75, 3.05) is 18.6 Å². The zero-order valence-corrected chi connectivity index (χ0v) is 10.9. The van der Waals surface area contributed by atoms with E-state index in [0.29, 0.717) is 6.42 Å². The largest absolute Gasteiger partial charge is 0.465 e. The third-order valence-electron chi connectivity index (χ3n) is 3.40. The Morgan fingerprint density at radius 1 is 1.44 bits per heavy atom. The van der Waals surface area contributed by atoms with Crippen molar-refractivity contribution in [1.29, 1.82) is 0 Å². The predicted octanol–water partition coefficient (Wildman–Crippen LogP) is 1.77. The van der Waals surface area contributed by atoms with Gasteiger partial charge in [0.15, 0.2) is 0 Å². The number of ether oxygens (including phenoxy) is 1. The Kier molecular flexibility index (Phi) is 3.11. The lowest BCUT2D eigenvalue weighted by Gasteiger charge is -2.36. The molecule has 0 spiro atoms. The number of esters is 1. The Morgan fingerprint density at radius 3 is 2.78 bits per heavy atom. The number of nitrogens with zero attached hydrogens (tertiary/aromatic N) is 1. The van der Waals surface area contributed by atoms with Crippen LogP contribution in [0.25, 0.3) is 0 Å². The van der Waals surface area contributed by atoms with Crippen molar-refractivity contribution in [2.24, 2.45) is 5.41 Å². The van der Waals surface area contributed by atoms with Crippen LogP contribution in [-0.2, 0) is 20.7 Å². The van der Waals surface area contributed by atoms with Crippen molar-refractivity contribution in [1.82, 2.24) is 0 Å². The Morgan fingerprint density at radius 2 is 2.11 bits per heavy atom. The number of fused-ring (bicyclic) bond motifs is 1. The molecule has 0 aliphatic carbocycles. The molecule has 0 unspecified atom stereocenters. The predicted molar refractivity (Wildman–Crippen MR) is 68.3 cm³/mol. The fourth-order valence-electron chi connectivity index (χ4n) is 2.37. The first kappa shape index (κ1) is 12.6. The fourth-order valence-corrected chi connectivity index (χ4v) is 2.37. The molecule has 0 aromatic heterocycles. The molecule has 1 aromatic carbocycles. The average molecular weight is 247 g/mol. The highest BCUT2D eigenvalue weighted by Crippen LogP contribution is 2.37. The minimum absolute atomic E-state index is 0.209. The topological polar surface area (TPSA) is 46.6 Å². The molecule has 1 aromatic rings. The quantitative estimate of drug-likeness (QED) is 0.591. The molecule has 1 heterocycles. The molecule has 0 fully saturated rings. The number of anilines is 1. The maximum atomic E-state index is 12.4. The molecule has 1 amide bonds. The van der Waals surface area contributed by atoms with Crippen LogP contribution in [0, 0.1) is 5.41 Å². The molecular formula is C14H17NO3. The van der Waals surface area contributed by atoms with E-state index in [2.05, 4.69) is 0 Å². The molecule has 0 bridgehead atoms. The second-order valence-electron chi connectivity index (χ2n) is 4.72. The summed E-state index contributed by atoms with van der Waals surface area (Å²) in [7, 11) is 1.69. The van der Waals surface area contributed by atoms with Gasteiger partial charge in [-0.2, -0.15) is 0 Å². The van der Waals surface area contributed by atoms with E-state index in [1.807, 2.05) is 24.3 Å². The lowest BCUT2D eigenvalue weighted by molar-refractivity contribution is -0.159. The number of amides is 1. The maximum Gasteiger partial charge on any atom is 0.321 e. The molecule has 1 aliphatic heterocycles. The van der Waals surface area contributed by atoms with Crippen LogP contribution in [0.5, 0.6) is 0 Å². The fraction of sp³-hybridized carbons (Fsp3) is 0.429. The summed E-state index contributed by atoms with van der Waals surface area (Å²) in [6.07, 6.45) is 0.394. The van der Waals surface area contributed by atoms with Crippen LogP contribution < -0.4 is 4.90 Å². The Bertz CT molecular complexity index is 498. The first-order chi connectivity index (χ1) is 8.50. The van der Waals surface area contributed by atoms with Gasteiger partial charge in [-0.3, -0.25) is 9.59 Å². The van der Waals surface area contributed by atoms with E-state index in [-0.39, 0.29) is 12.5 Å². The summed E-state index contributed by atoms with van der Waals surface area (Å²) in [6, 6.07) is 7.62. The first-order valence-corrected chi connectivity index (χ1v) is 6.04. The number of rotatable bonds is 2. The maximum absolute atomic E-state index is 12.4. The zero-order valence-electron chi connectivity index (χ0n) is 10.9. The van der Waals surface area contributed by atoms with Crippen LogP contribution in [0.1, 0.15) is 19.4 Å². The SMILES string of the molecule is CCOC(=O)[C@@]1(C)Cc2ccccc2N(C)C1=O. The molecule has 96 valence electrons. The highest BCUT2D eigenvalue weighted by atomic mass is 16.5. The van der Waals surface area contributed by atoms with E-state index in [9.17, 15) is 9.59 Å². The van der Waals surface area contributed by atoms with E-state index < -0.39 is 11.4 Å². The molecule has 0 radical (unpaired) electrons. The van der Waals surface area contributed by atoms with E-state index >= 15 is 0 Å². The van der Waals surface area contributed by atoms with Crippen LogP contribution in [0.3, 0.4) is 0 Å². The molecule has 0 saturated carbocycles. The Labute approximate surface area is 107 Å². The third kappa shape index (κ3) is 1.78. The molecule has 0 saturated heterocycles. The summed E-state index contributed by atoms with van der Waals surface area (Å²) in [5.74, 6) is -0.656. The van der Waals surface area contributed by atoms with Crippen LogP contribution in [0.4, 0.5) is 5.69 Å². The van der Waals surface area contributed by atoms with Crippen molar-refractivity contribution >= 4 is 17.6 Å². The van der Waals surface area contributed by atoms with Gasteiger partial charge in [0.25, 0.3) is 0 Å². The number of benzene rings is 1. The third-order valence-corrected chi connectivity index (χ3v) is 3.40. The van der Waals surface area contributed by atoms with Crippen molar-refractivity contribution in [3.63, 3.8) is 0 Å². The Hall–Kier alpha value is -1.84. The van der Waals surface area contributed by atoms with Gasteiger partial charge in [-0.05, 0) is 31.9 Å². The molecule has 4 heteroatoms. The molecule has 2 rings (SSSR count). The molecule has 18 heavy (non-hydrogen) atoms. The van der Waals surface area contributed by atoms with Gasteiger partial charge in [0.1, 0.15) is 5.41 Å². The van der Waals surface area contributed by atoms with E-state index in [4.69, 9.17) is 4.74 Å². The number of para-hydroxylation sites is 1. The van der Waals surface area contributed by atoms with Gasteiger partial charge in [0, 0.05) is 12.7 Å². The second kappa shape index (κ2) is 4.44. The lowest BCUT2D eigenvalue weighted by atomic mass is 9.78. The first-order valence-electron chi connectivity index (χ1n) is 6.04. The number of hydrogen-bond donors (Lipinski definition) is 0. The molecular weight excluding hydrogens is 230 g/mol. The number of carbonyl (C=O) groups is 2. The summed E-state index contributed by atoms with van der Waals surface area (Å²) in [4.78, 5) is 25.9. The van der Waals surface area contributed by atoms with Crippen LogP contribution in [0.2, 0.25) is 0 Å². The molecule has 0 N–H and O–H groups in total. The van der Waals surface area contributed by atoms with Gasteiger partial charge in [-0.25, -0.2) is 0 Å². The lowest BCUT2D eigenvalue weighted by Crippen LogP contribution is -2.51.